The van der Waals surface area contributed by atoms with Crippen LogP contribution in [0, 0.1) is 0 Å². The van der Waals surface area contributed by atoms with Crippen molar-refractivity contribution in [2.45, 2.75) is 12.5 Å². The van der Waals surface area contributed by atoms with E-state index in [-0.39, 0.29) is 6.04 Å². The van der Waals surface area contributed by atoms with Crippen LogP contribution >= 0.6 is 34.5 Å². The van der Waals surface area contributed by atoms with Gasteiger partial charge in [-0.1, -0.05) is 47.5 Å². The van der Waals surface area contributed by atoms with E-state index in [1.807, 2.05) is 30.3 Å². The van der Waals surface area contributed by atoms with Gasteiger partial charge in [0.15, 0.2) is 0 Å². The highest BCUT2D eigenvalue weighted by Gasteiger charge is 2.17. The van der Waals surface area contributed by atoms with Crippen LogP contribution in [0.25, 0.3) is 10.2 Å². The molecule has 3 nitrogen and oxygen atoms in total. The van der Waals surface area contributed by atoms with E-state index in [0.29, 0.717) is 16.5 Å². The Hall–Kier alpha value is -1.17. The smallest absolute Gasteiger partial charge is 0.0958 e. The lowest BCUT2D eigenvalue weighted by Gasteiger charge is -2.17. The lowest BCUT2D eigenvalue weighted by atomic mass is 10.0. The van der Waals surface area contributed by atoms with Crippen molar-refractivity contribution in [2.24, 2.45) is 5.84 Å². The first kappa shape index (κ1) is 14.8. The van der Waals surface area contributed by atoms with E-state index in [2.05, 4.69) is 16.5 Å². The molecule has 2 aromatic carbocycles. The molecule has 3 aromatic rings. The summed E-state index contributed by atoms with van der Waals surface area (Å²) in [5, 5.41) is 2.07. The second-order valence-electron chi connectivity index (χ2n) is 4.64. The third-order valence-electron chi connectivity index (χ3n) is 3.27. The van der Waals surface area contributed by atoms with E-state index >= 15 is 0 Å². The monoisotopic (exact) mass is 337 g/mol. The van der Waals surface area contributed by atoms with Crippen molar-refractivity contribution < 1.29 is 0 Å². The number of hydrogen-bond donors (Lipinski definition) is 2. The Bertz CT molecular complexity index is 739. The van der Waals surface area contributed by atoms with Gasteiger partial charge in [-0.15, -0.1) is 11.3 Å². The molecule has 0 radical (unpaired) electrons. The van der Waals surface area contributed by atoms with Gasteiger partial charge in [0.25, 0.3) is 0 Å². The summed E-state index contributed by atoms with van der Waals surface area (Å²) in [6.07, 6.45) is 0.663. The molecule has 1 atom stereocenters. The Labute approximate surface area is 136 Å². The van der Waals surface area contributed by atoms with E-state index in [9.17, 15) is 0 Å². The van der Waals surface area contributed by atoms with Crippen LogP contribution in [0.1, 0.15) is 16.6 Å². The highest BCUT2D eigenvalue weighted by molar-refractivity contribution is 7.18. The zero-order chi connectivity index (χ0) is 14.8. The minimum Gasteiger partial charge on any atom is -0.271 e. The molecule has 1 heterocycles. The highest BCUT2D eigenvalue weighted by Crippen LogP contribution is 2.32. The molecule has 3 N–H and O–H groups in total. The number of hydrazine groups is 1. The standard InChI is InChI=1S/C15H13Cl2N3S/c16-10-5-3-4-9(15(10)17)12(20-18)8-14-19-11-6-1-2-7-13(11)21-14/h1-7,12,20H,8,18H2. The topological polar surface area (TPSA) is 50.9 Å². The molecule has 1 aromatic heterocycles. The van der Waals surface area contributed by atoms with Crippen molar-refractivity contribution >= 4 is 44.8 Å². The third-order valence-corrected chi connectivity index (χ3v) is 5.17. The maximum Gasteiger partial charge on any atom is 0.0958 e. The van der Waals surface area contributed by atoms with Crippen molar-refractivity contribution in [3.05, 3.63) is 63.1 Å². The molecule has 0 aliphatic rings. The van der Waals surface area contributed by atoms with Crippen molar-refractivity contribution in [2.75, 3.05) is 0 Å². The van der Waals surface area contributed by atoms with Gasteiger partial charge in [-0.2, -0.15) is 0 Å². The molecule has 1 unspecified atom stereocenters. The molecule has 0 amide bonds. The zero-order valence-electron chi connectivity index (χ0n) is 11.0. The SMILES string of the molecule is NNC(Cc1nc2ccccc2s1)c1cccc(Cl)c1Cl. The first-order valence-electron chi connectivity index (χ1n) is 6.43. The molecule has 0 saturated carbocycles. The quantitative estimate of drug-likeness (QED) is 0.549. The van der Waals surface area contributed by atoms with Gasteiger partial charge in [0.1, 0.15) is 0 Å². The first-order valence-corrected chi connectivity index (χ1v) is 8.01. The number of nitrogens with two attached hydrogens (primary N) is 1. The van der Waals surface area contributed by atoms with Gasteiger partial charge >= 0.3 is 0 Å². The molecule has 108 valence electrons. The van der Waals surface area contributed by atoms with Gasteiger partial charge in [-0.3, -0.25) is 11.3 Å². The van der Waals surface area contributed by atoms with Crippen molar-refractivity contribution in [1.29, 1.82) is 0 Å². The maximum atomic E-state index is 6.27. The van der Waals surface area contributed by atoms with Crippen LogP contribution in [-0.4, -0.2) is 4.98 Å². The summed E-state index contributed by atoms with van der Waals surface area (Å²) in [5.74, 6) is 5.69. The number of halogens is 2. The lowest BCUT2D eigenvalue weighted by Crippen LogP contribution is -2.29. The molecule has 0 saturated heterocycles. The second-order valence-corrected chi connectivity index (χ2v) is 6.54. The minimum absolute atomic E-state index is 0.128. The van der Waals surface area contributed by atoms with Crippen LogP contribution in [0.4, 0.5) is 0 Å². The fourth-order valence-electron chi connectivity index (χ4n) is 2.23. The summed E-state index contributed by atoms with van der Waals surface area (Å²) in [4.78, 5) is 4.62. The molecule has 0 bridgehead atoms. The zero-order valence-corrected chi connectivity index (χ0v) is 13.3. The summed E-state index contributed by atoms with van der Waals surface area (Å²) in [6, 6.07) is 13.5. The Morgan fingerprint density at radius 1 is 1.14 bits per heavy atom. The molecule has 6 heteroatoms. The lowest BCUT2D eigenvalue weighted by molar-refractivity contribution is 0.551. The summed E-state index contributed by atoms with van der Waals surface area (Å²) >= 11 is 14.0. The fourth-order valence-corrected chi connectivity index (χ4v) is 3.68. The van der Waals surface area contributed by atoms with Crippen molar-refractivity contribution in [3.63, 3.8) is 0 Å². The number of nitrogens with one attached hydrogen (secondary N) is 1. The van der Waals surface area contributed by atoms with Crippen LogP contribution in [-0.2, 0) is 6.42 Å². The third kappa shape index (κ3) is 3.05. The Kier molecular flexibility index (Phi) is 4.42. The van der Waals surface area contributed by atoms with Crippen molar-refractivity contribution in [3.8, 4) is 0 Å². The van der Waals surface area contributed by atoms with E-state index in [4.69, 9.17) is 29.0 Å². The van der Waals surface area contributed by atoms with Gasteiger partial charge in [0, 0.05) is 6.42 Å². The molecular weight excluding hydrogens is 325 g/mol. The molecule has 0 aliphatic heterocycles. The average Bonchev–Trinajstić information content (AvgIpc) is 2.90. The van der Waals surface area contributed by atoms with Crippen LogP contribution < -0.4 is 11.3 Å². The number of thiazole rings is 1. The Morgan fingerprint density at radius 3 is 2.71 bits per heavy atom. The number of rotatable bonds is 4. The van der Waals surface area contributed by atoms with Gasteiger partial charge in [-0.05, 0) is 23.8 Å². The highest BCUT2D eigenvalue weighted by atomic mass is 35.5. The summed E-state index contributed by atoms with van der Waals surface area (Å²) in [6.45, 7) is 0. The van der Waals surface area contributed by atoms with Crippen LogP contribution in [0.5, 0.6) is 0 Å². The molecule has 21 heavy (non-hydrogen) atoms. The number of fused-ring (bicyclic) bond motifs is 1. The molecule has 0 spiro atoms. The molecule has 0 fully saturated rings. The molecular formula is C15H13Cl2N3S. The van der Waals surface area contributed by atoms with Crippen LogP contribution in [0.2, 0.25) is 10.0 Å². The Balaban J connectivity index is 1.92. The van der Waals surface area contributed by atoms with Crippen molar-refractivity contribution in [1.82, 2.24) is 10.4 Å². The van der Waals surface area contributed by atoms with Gasteiger partial charge in [0.05, 0.1) is 31.3 Å². The number of aromatic nitrogens is 1. The number of benzene rings is 2. The maximum absolute atomic E-state index is 6.27. The number of nitrogens with zero attached hydrogens (tertiary/aromatic N) is 1. The van der Waals surface area contributed by atoms with Crippen LogP contribution in [0.3, 0.4) is 0 Å². The summed E-state index contributed by atoms with van der Waals surface area (Å²) in [5.41, 5.74) is 4.69. The number of hydrogen-bond acceptors (Lipinski definition) is 4. The second kappa shape index (κ2) is 6.30. The predicted octanol–water partition coefficient (Wildman–Crippen LogP) is 4.35. The summed E-state index contributed by atoms with van der Waals surface area (Å²) in [7, 11) is 0. The fraction of sp³-hybridized carbons (Fsp3) is 0.133. The number of para-hydroxylation sites is 1. The van der Waals surface area contributed by atoms with Crippen LogP contribution in [0.15, 0.2) is 42.5 Å². The van der Waals surface area contributed by atoms with E-state index in [1.165, 1.54) is 4.70 Å². The normalized spacial score (nSPS) is 12.7. The average molecular weight is 338 g/mol. The van der Waals surface area contributed by atoms with Gasteiger partial charge in [-0.25, -0.2) is 4.98 Å². The summed E-state index contributed by atoms with van der Waals surface area (Å²) < 4.78 is 1.17. The first-order chi connectivity index (χ1) is 10.2. The minimum atomic E-state index is -0.128. The largest absolute Gasteiger partial charge is 0.271 e. The predicted molar refractivity (Wildman–Crippen MR) is 89.9 cm³/mol. The van der Waals surface area contributed by atoms with Gasteiger partial charge in [0.2, 0.25) is 0 Å². The van der Waals surface area contributed by atoms with E-state index < -0.39 is 0 Å². The Morgan fingerprint density at radius 2 is 1.95 bits per heavy atom. The molecule has 3 rings (SSSR count). The van der Waals surface area contributed by atoms with Gasteiger partial charge < -0.3 is 0 Å². The molecule has 0 aliphatic carbocycles. The van der Waals surface area contributed by atoms with E-state index in [0.717, 1.165) is 16.1 Å². The van der Waals surface area contributed by atoms with E-state index in [1.54, 1.807) is 17.4 Å².